The topological polar surface area (TPSA) is 52.6 Å². The molecule has 2 aliphatic rings. The van der Waals surface area contributed by atoms with E-state index < -0.39 is 0 Å². The average molecular weight is 387 g/mol. The average Bonchev–Trinajstić information content (AvgIpc) is 2.54. The van der Waals surface area contributed by atoms with Crippen LogP contribution in [0.2, 0.25) is 0 Å². The van der Waals surface area contributed by atoms with Gasteiger partial charge in [0.1, 0.15) is 6.10 Å². The Hall–Kier alpha value is -1.61. The molecule has 28 heavy (non-hydrogen) atoms. The molecule has 5 heteroatoms. The number of hydrogen-bond donors (Lipinski definition) is 1. The van der Waals surface area contributed by atoms with Crippen LogP contribution in [0.15, 0.2) is 18.3 Å². The van der Waals surface area contributed by atoms with E-state index in [9.17, 15) is 0 Å². The van der Waals surface area contributed by atoms with E-state index in [-0.39, 0.29) is 16.9 Å². The number of aromatic nitrogens is 1. The Labute approximate surface area is 169 Å². The Morgan fingerprint density at radius 1 is 1.11 bits per heavy atom. The third-order valence-corrected chi connectivity index (χ3v) is 5.33. The molecule has 3 rings (SSSR count). The van der Waals surface area contributed by atoms with Gasteiger partial charge in [-0.2, -0.15) is 0 Å². The van der Waals surface area contributed by atoms with Gasteiger partial charge in [-0.15, -0.1) is 0 Å². The van der Waals surface area contributed by atoms with Crippen molar-refractivity contribution in [3.63, 3.8) is 0 Å². The van der Waals surface area contributed by atoms with Crippen LogP contribution in [0.5, 0.6) is 5.88 Å². The second-order valence-electron chi connectivity index (χ2n) is 9.52. The first-order valence-corrected chi connectivity index (χ1v) is 10.3. The van der Waals surface area contributed by atoms with Crippen LogP contribution < -0.4 is 10.1 Å². The molecule has 5 nitrogen and oxygen atoms in total. The first kappa shape index (κ1) is 21.1. The highest BCUT2D eigenvalue weighted by Gasteiger charge is 2.31. The van der Waals surface area contributed by atoms with Crippen LogP contribution in [0.4, 0.5) is 0 Å². The number of nitrogens with one attached hydrogen (secondary N) is 1. The molecule has 1 N–H and O–H groups in total. The van der Waals surface area contributed by atoms with Crippen LogP contribution in [0.3, 0.4) is 0 Å². The van der Waals surface area contributed by atoms with Crippen molar-refractivity contribution in [3.8, 4) is 17.7 Å². The summed E-state index contributed by atoms with van der Waals surface area (Å²) in [5, 5.41) is 3.24. The van der Waals surface area contributed by atoms with Gasteiger partial charge in [-0.1, -0.05) is 25.7 Å². The van der Waals surface area contributed by atoms with Crippen LogP contribution in [-0.2, 0) is 9.47 Å². The smallest absolute Gasteiger partial charge is 0.213 e. The van der Waals surface area contributed by atoms with Crippen molar-refractivity contribution in [2.24, 2.45) is 10.8 Å². The van der Waals surface area contributed by atoms with Crippen molar-refractivity contribution < 1.29 is 14.2 Å². The van der Waals surface area contributed by atoms with Crippen molar-refractivity contribution in [2.75, 3.05) is 26.8 Å². The predicted molar refractivity (Wildman–Crippen MR) is 110 cm³/mol. The summed E-state index contributed by atoms with van der Waals surface area (Å²) in [5.41, 5.74) is 0.909. The van der Waals surface area contributed by atoms with Crippen LogP contribution in [0.1, 0.15) is 52.5 Å². The quantitative estimate of drug-likeness (QED) is 0.694. The Bertz CT molecular complexity index is 693. The zero-order chi connectivity index (χ0) is 20.2. The molecule has 2 heterocycles. The molecular weight excluding hydrogens is 352 g/mol. The molecule has 0 unspecified atom stereocenters. The fraction of sp³-hybridized carbons (Fsp3) is 0.696. The normalized spacial score (nSPS) is 22.6. The van der Waals surface area contributed by atoms with E-state index in [1.165, 1.54) is 0 Å². The minimum absolute atomic E-state index is 0.0898. The van der Waals surface area contributed by atoms with Crippen molar-refractivity contribution in [3.05, 3.63) is 23.9 Å². The Morgan fingerprint density at radius 3 is 2.43 bits per heavy atom. The summed E-state index contributed by atoms with van der Waals surface area (Å²) in [7, 11) is 1.74. The van der Waals surface area contributed by atoms with Crippen molar-refractivity contribution in [1.29, 1.82) is 0 Å². The molecule has 0 radical (unpaired) electrons. The molecule has 0 atom stereocenters. The molecule has 1 saturated carbocycles. The van der Waals surface area contributed by atoms with Gasteiger partial charge >= 0.3 is 0 Å². The molecule has 0 aromatic carbocycles. The van der Waals surface area contributed by atoms with Crippen molar-refractivity contribution in [1.82, 2.24) is 10.3 Å². The minimum atomic E-state index is -0.0962. The van der Waals surface area contributed by atoms with Gasteiger partial charge in [0, 0.05) is 56.3 Å². The van der Waals surface area contributed by atoms with E-state index in [4.69, 9.17) is 14.2 Å². The van der Waals surface area contributed by atoms with Gasteiger partial charge in [0.15, 0.2) is 0 Å². The monoisotopic (exact) mass is 386 g/mol. The minimum Gasteiger partial charge on any atom is -0.474 e. The SMILES string of the molecule is COC1CC(Oc2ccc(C#CC(C)(C)CC(C)(C)COC3CNC3)cn2)C1. The van der Waals surface area contributed by atoms with E-state index >= 15 is 0 Å². The van der Waals surface area contributed by atoms with Crippen LogP contribution >= 0.6 is 0 Å². The second-order valence-corrected chi connectivity index (χ2v) is 9.52. The number of methoxy groups -OCH3 is 1. The maximum Gasteiger partial charge on any atom is 0.213 e. The molecular formula is C23H34N2O3. The summed E-state index contributed by atoms with van der Waals surface area (Å²) >= 11 is 0. The molecule has 1 aliphatic heterocycles. The maximum atomic E-state index is 5.98. The molecule has 1 saturated heterocycles. The zero-order valence-electron chi connectivity index (χ0n) is 17.9. The summed E-state index contributed by atoms with van der Waals surface area (Å²) in [6, 6.07) is 3.89. The fourth-order valence-electron chi connectivity index (χ4n) is 3.76. The molecule has 0 bridgehead atoms. The third kappa shape index (κ3) is 6.20. The van der Waals surface area contributed by atoms with Crippen LogP contribution in [0.25, 0.3) is 0 Å². The van der Waals surface area contributed by atoms with Crippen LogP contribution in [0, 0.1) is 22.7 Å². The largest absolute Gasteiger partial charge is 0.474 e. The third-order valence-electron chi connectivity index (χ3n) is 5.33. The van der Waals surface area contributed by atoms with Crippen LogP contribution in [-0.4, -0.2) is 50.1 Å². The summed E-state index contributed by atoms with van der Waals surface area (Å²) in [6.45, 7) is 11.6. The number of ether oxygens (including phenoxy) is 3. The molecule has 154 valence electrons. The second kappa shape index (κ2) is 8.82. The van der Waals surface area contributed by atoms with Gasteiger partial charge in [0.25, 0.3) is 0 Å². The fourth-order valence-corrected chi connectivity index (χ4v) is 3.76. The van der Waals surface area contributed by atoms with Gasteiger partial charge in [0.05, 0.1) is 18.8 Å². The van der Waals surface area contributed by atoms with E-state index in [1.54, 1.807) is 13.3 Å². The summed E-state index contributed by atoms with van der Waals surface area (Å²) in [5.74, 6) is 7.37. The van der Waals surface area contributed by atoms with Gasteiger partial charge in [-0.3, -0.25) is 0 Å². The molecule has 0 spiro atoms. The van der Waals surface area contributed by atoms with E-state index in [2.05, 4.69) is 49.8 Å². The highest BCUT2D eigenvalue weighted by molar-refractivity contribution is 5.35. The lowest BCUT2D eigenvalue weighted by Gasteiger charge is -2.35. The highest BCUT2D eigenvalue weighted by atomic mass is 16.5. The number of pyridine rings is 1. The van der Waals surface area contributed by atoms with E-state index in [0.717, 1.165) is 44.5 Å². The van der Waals surface area contributed by atoms with Gasteiger partial charge < -0.3 is 19.5 Å². The van der Waals surface area contributed by atoms with Crippen molar-refractivity contribution in [2.45, 2.75) is 65.3 Å². The van der Waals surface area contributed by atoms with Gasteiger partial charge in [-0.05, 0) is 31.7 Å². The molecule has 1 aromatic heterocycles. The lowest BCUT2D eigenvalue weighted by molar-refractivity contribution is -0.0396. The van der Waals surface area contributed by atoms with Crippen molar-refractivity contribution >= 4 is 0 Å². The Morgan fingerprint density at radius 2 is 1.86 bits per heavy atom. The molecule has 0 amide bonds. The van der Waals surface area contributed by atoms with E-state index in [1.807, 2.05) is 12.1 Å². The van der Waals surface area contributed by atoms with E-state index in [0.29, 0.717) is 18.1 Å². The highest BCUT2D eigenvalue weighted by Crippen LogP contribution is 2.34. The first-order valence-electron chi connectivity index (χ1n) is 10.3. The molecule has 2 fully saturated rings. The lowest BCUT2D eigenvalue weighted by atomic mass is 9.76. The number of rotatable bonds is 8. The summed E-state index contributed by atoms with van der Waals surface area (Å²) in [6.07, 6.45) is 5.56. The van der Waals surface area contributed by atoms with Gasteiger partial charge in [-0.25, -0.2) is 4.98 Å². The lowest BCUT2D eigenvalue weighted by Crippen LogP contribution is -2.49. The van der Waals surface area contributed by atoms with Gasteiger partial charge in [0.2, 0.25) is 5.88 Å². The Kier molecular flexibility index (Phi) is 6.65. The summed E-state index contributed by atoms with van der Waals surface area (Å²) in [4.78, 5) is 4.40. The Balaban J connectivity index is 1.49. The number of nitrogens with zero attached hydrogens (tertiary/aromatic N) is 1. The standard InChI is InChI=1S/C23H34N2O3/c1-22(2,15-23(3,4)16-27-20-13-24-14-20)9-8-17-6-7-21(25-12-17)28-19-10-18(11-19)26-5/h6-7,12,18-20,24H,10-11,13-16H2,1-5H3. The first-order chi connectivity index (χ1) is 13.2. The maximum absolute atomic E-state index is 5.98. The number of hydrogen-bond acceptors (Lipinski definition) is 5. The molecule has 1 aliphatic carbocycles. The zero-order valence-corrected chi connectivity index (χ0v) is 17.9. The summed E-state index contributed by atoms with van der Waals surface area (Å²) < 4.78 is 17.1. The predicted octanol–water partition coefficient (Wildman–Crippen LogP) is 3.42. The molecule has 1 aromatic rings.